The Morgan fingerprint density at radius 3 is 2.21 bits per heavy atom. The second-order valence-electron chi connectivity index (χ2n) is 9.05. The molecule has 38 heavy (non-hydrogen) atoms. The van der Waals surface area contributed by atoms with Crippen molar-refractivity contribution in [3.05, 3.63) is 95.0 Å². The van der Waals surface area contributed by atoms with Crippen LogP contribution in [0.15, 0.2) is 83.8 Å². The summed E-state index contributed by atoms with van der Waals surface area (Å²) in [6.45, 7) is 5.67. The van der Waals surface area contributed by atoms with Crippen LogP contribution in [0, 0.1) is 6.92 Å². The number of carbonyl (C=O) groups is 2. The fourth-order valence-corrected chi connectivity index (χ4v) is 5.55. The maximum atomic E-state index is 13.8. The highest BCUT2D eigenvalue weighted by atomic mass is 35.5. The quantitative estimate of drug-likeness (QED) is 0.347. The van der Waals surface area contributed by atoms with E-state index in [0.29, 0.717) is 18.0 Å². The Morgan fingerprint density at radius 2 is 1.61 bits per heavy atom. The van der Waals surface area contributed by atoms with E-state index in [4.69, 9.17) is 11.6 Å². The fourth-order valence-electron chi connectivity index (χ4n) is 3.95. The predicted octanol–water partition coefficient (Wildman–Crippen LogP) is 4.83. The van der Waals surface area contributed by atoms with Gasteiger partial charge in [0.25, 0.3) is 10.0 Å². The van der Waals surface area contributed by atoms with Crippen LogP contribution in [0.4, 0.5) is 5.69 Å². The third-order valence-corrected chi connectivity index (χ3v) is 8.45. The number of carbonyl (C=O) groups excluding carboxylic acids is 2. The van der Waals surface area contributed by atoms with E-state index >= 15 is 0 Å². The van der Waals surface area contributed by atoms with E-state index in [2.05, 4.69) is 5.32 Å². The van der Waals surface area contributed by atoms with E-state index in [9.17, 15) is 18.0 Å². The maximum absolute atomic E-state index is 13.8. The lowest BCUT2D eigenvalue weighted by Gasteiger charge is -2.32. The number of hydrogen-bond donors (Lipinski definition) is 1. The molecule has 3 rings (SSSR count). The lowest BCUT2D eigenvalue weighted by Crippen LogP contribution is -2.52. The molecule has 1 N–H and O–H groups in total. The van der Waals surface area contributed by atoms with Crippen molar-refractivity contribution in [2.75, 3.05) is 23.9 Å². The first-order valence-electron chi connectivity index (χ1n) is 12.6. The molecular weight excluding hydrogens is 522 g/mol. The summed E-state index contributed by atoms with van der Waals surface area (Å²) < 4.78 is 28.5. The molecule has 3 aromatic carbocycles. The second kappa shape index (κ2) is 13.4. The Balaban J connectivity index is 1.97. The summed E-state index contributed by atoms with van der Waals surface area (Å²) in [6, 6.07) is 21.7. The number of anilines is 1. The van der Waals surface area contributed by atoms with Crippen LogP contribution in [0.25, 0.3) is 0 Å². The predicted molar refractivity (Wildman–Crippen MR) is 152 cm³/mol. The Hall–Kier alpha value is -3.36. The van der Waals surface area contributed by atoms with E-state index in [-0.39, 0.29) is 23.0 Å². The number of halogens is 1. The van der Waals surface area contributed by atoms with Crippen LogP contribution in [0.5, 0.6) is 0 Å². The van der Waals surface area contributed by atoms with Gasteiger partial charge in [-0.3, -0.25) is 13.9 Å². The average Bonchev–Trinajstić information content (AvgIpc) is 2.92. The van der Waals surface area contributed by atoms with Gasteiger partial charge in [0, 0.05) is 18.1 Å². The van der Waals surface area contributed by atoms with Gasteiger partial charge in [-0.1, -0.05) is 73.1 Å². The van der Waals surface area contributed by atoms with Crippen molar-refractivity contribution in [2.45, 2.75) is 44.6 Å². The van der Waals surface area contributed by atoms with Gasteiger partial charge in [0.2, 0.25) is 11.8 Å². The van der Waals surface area contributed by atoms with Gasteiger partial charge in [-0.05, 0) is 62.1 Å². The molecule has 0 aliphatic rings. The molecule has 0 saturated carbocycles. The highest BCUT2D eigenvalue weighted by molar-refractivity contribution is 7.92. The molecule has 3 aromatic rings. The Bertz CT molecular complexity index is 1330. The summed E-state index contributed by atoms with van der Waals surface area (Å²) in [5, 5.41) is 3.22. The lowest BCUT2D eigenvalue weighted by molar-refractivity contribution is -0.138. The zero-order valence-corrected chi connectivity index (χ0v) is 23.5. The zero-order valence-electron chi connectivity index (χ0n) is 21.9. The molecule has 0 aliphatic carbocycles. The first kappa shape index (κ1) is 29.2. The number of aryl methyl sites for hydroxylation is 1. The Morgan fingerprint density at radius 1 is 0.974 bits per heavy atom. The van der Waals surface area contributed by atoms with E-state index < -0.39 is 28.5 Å². The number of benzene rings is 3. The number of hydrogen-bond acceptors (Lipinski definition) is 4. The Labute approximate surface area is 230 Å². The second-order valence-corrected chi connectivity index (χ2v) is 11.3. The number of nitrogens with one attached hydrogen (secondary N) is 1. The normalized spacial score (nSPS) is 12.0. The number of nitrogens with zero attached hydrogens (tertiary/aromatic N) is 2. The monoisotopic (exact) mass is 555 g/mol. The van der Waals surface area contributed by atoms with Crippen LogP contribution in [-0.4, -0.2) is 50.8 Å². The number of sulfonamides is 1. The molecule has 0 unspecified atom stereocenters. The van der Waals surface area contributed by atoms with Crippen molar-refractivity contribution in [3.8, 4) is 0 Å². The first-order valence-corrected chi connectivity index (χ1v) is 14.4. The molecular formula is C29H34ClN3O4S. The topological polar surface area (TPSA) is 86.8 Å². The standard InChI is InChI=1S/C29H34ClN3O4S/c1-4-18-31-29(35)23(3)32(19-17-24-11-7-5-8-12-24)28(34)21-33(25-16-15-22(2)27(30)20-25)38(36,37)26-13-9-6-10-14-26/h5-16,20,23H,4,17-19,21H2,1-3H3,(H,31,35)/t23-/m0/s1. The molecule has 0 heterocycles. The van der Waals surface area contributed by atoms with E-state index in [1.165, 1.54) is 23.1 Å². The van der Waals surface area contributed by atoms with Crippen molar-refractivity contribution >= 4 is 39.1 Å². The molecule has 2 amide bonds. The minimum absolute atomic E-state index is 0.0501. The molecule has 7 nitrogen and oxygen atoms in total. The van der Waals surface area contributed by atoms with Gasteiger partial charge in [0.05, 0.1) is 10.6 Å². The van der Waals surface area contributed by atoms with Crippen molar-refractivity contribution in [2.24, 2.45) is 0 Å². The maximum Gasteiger partial charge on any atom is 0.264 e. The first-order chi connectivity index (χ1) is 18.1. The number of rotatable bonds is 12. The summed E-state index contributed by atoms with van der Waals surface area (Å²) in [5.74, 6) is -0.777. The summed E-state index contributed by atoms with van der Waals surface area (Å²) in [5.41, 5.74) is 2.05. The molecule has 1 atom stereocenters. The molecule has 0 aliphatic heterocycles. The van der Waals surface area contributed by atoms with Crippen LogP contribution in [0.1, 0.15) is 31.4 Å². The van der Waals surface area contributed by atoms with Gasteiger partial charge in [-0.2, -0.15) is 0 Å². The minimum Gasteiger partial charge on any atom is -0.354 e. The van der Waals surface area contributed by atoms with Crippen LogP contribution in [0.3, 0.4) is 0 Å². The summed E-state index contributed by atoms with van der Waals surface area (Å²) >= 11 is 6.34. The van der Waals surface area contributed by atoms with Crippen LogP contribution in [-0.2, 0) is 26.0 Å². The third-order valence-electron chi connectivity index (χ3n) is 6.25. The van der Waals surface area contributed by atoms with E-state index in [1.54, 1.807) is 37.3 Å². The fraction of sp³-hybridized carbons (Fsp3) is 0.310. The smallest absolute Gasteiger partial charge is 0.264 e. The van der Waals surface area contributed by atoms with Gasteiger partial charge in [0.15, 0.2) is 0 Å². The summed E-state index contributed by atoms with van der Waals surface area (Å²) in [7, 11) is -4.11. The van der Waals surface area contributed by atoms with Crippen molar-refractivity contribution in [1.82, 2.24) is 10.2 Å². The molecule has 0 fully saturated rings. The van der Waals surface area contributed by atoms with Gasteiger partial charge in [-0.15, -0.1) is 0 Å². The lowest BCUT2D eigenvalue weighted by atomic mass is 10.1. The minimum atomic E-state index is -4.11. The largest absolute Gasteiger partial charge is 0.354 e. The highest BCUT2D eigenvalue weighted by Crippen LogP contribution is 2.28. The van der Waals surface area contributed by atoms with Crippen LogP contribution >= 0.6 is 11.6 Å². The summed E-state index contributed by atoms with van der Waals surface area (Å²) in [4.78, 5) is 28.2. The zero-order chi connectivity index (χ0) is 27.7. The molecule has 0 bridgehead atoms. The molecule has 0 spiro atoms. The van der Waals surface area contributed by atoms with Gasteiger partial charge in [0.1, 0.15) is 12.6 Å². The Kier molecular flexibility index (Phi) is 10.3. The van der Waals surface area contributed by atoms with Gasteiger partial charge < -0.3 is 10.2 Å². The molecule has 9 heteroatoms. The van der Waals surface area contributed by atoms with E-state index in [0.717, 1.165) is 21.9 Å². The van der Waals surface area contributed by atoms with Gasteiger partial charge >= 0.3 is 0 Å². The number of amides is 2. The average molecular weight is 556 g/mol. The van der Waals surface area contributed by atoms with Gasteiger partial charge in [-0.25, -0.2) is 8.42 Å². The van der Waals surface area contributed by atoms with E-state index in [1.807, 2.05) is 44.2 Å². The SMILES string of the molecule is CCCNC(=O)[C@H](C)N(CCc1ccccc1)C(=O)CN(c1ccc(C)c(Cl)c1)S(=O)(=O)c1ccccc1. The highest BCUT2D eigenvalue weighted by Gasteiger charge is 2.32. The van der Waals surface area contributed by atoms with Crippen LogP contribution < -0.4 is 9.62 Å². The molecule has 202 valence electrons. The van der Waals surface area contributed by atoms with Crippen LogP contribution in [0.2, 0.25) is 5.02 Å². The molecule has 0 radical (unpaired) electrons. The molecule has 0 aromatic heterocycles. The molecule has 0 saturated heterocycles. The van der Waals surface area contributed by atoms with Crippen molar-refractivity contribution in [3.63, 3.8) is 0 Å². The van der Waals surface area contributed by atoms with Crippen molar-refractivity contribution < 1.29 is 18.0 Å². The van der Waals surface area contributed by atoms with Crippen molar-refractivity contribution in [1.29, 1.82) is 0 Å². The summed E-state index contributed by atoms with van der Waals surface area (Å²) in [6.07, 6.45) is 1.27. The third kappa shape index (κ3) is 7.36.